The SMILES string of the molecule is CN1c2ccc(F)cc2OC[C@H]1CC(=O)NCc1ccccc1Cl. The highest BCUT2D eigenvalue weighted by atomic mass is 35.5. The normalized spacial score (nSPS) is 16.3. The van der Waals surface area contributed by atoms with Gasteiger partial charge in [0, 0.05) is 24.7 Å². The molecule has 2 aromatic rings. The van der Waals surface area contributed by atoms with Gasteiger partial charge in [0.25, 0.3) is 0 Å². The zero-order valence-corrected chi connectivity index (χ0v) is 14.0. The van der Waals surface area contributed by atoms with Crippen LogP contribution >= 0.6 is 11.6 Å². The number of rotatable bonds is 4. The Hall–Kier alpha value is -2.27. The highest BCUT2D eigenvalue weighted by molar-refractivity contribution is 6.31. The summed E-state index contributed by atoms with van der Waals surface area (Å²) in [5.74, 6) is 0.0873. The lowest BCUT2D eigenvalue weighted by Gasteiger charge is -2.35. The van der Waals surface area contributed by atoms with Gasteiger partial charge in [-0.25, -0.2) is 4.39 Å². The van der Waals surface area contributed by atoms with Gasteiger partial charge in [-0.1, -0.05) is 29.8 Å². The van der Waals surface area contributed by atoms with Crippen molar-refractivity contribution in [3.8, 4) is 5.75 Å². The Morgan fingerprint density at radius 1 is 1.38 bits per heavy atom. The Morgan fingerprint density at radius 2 is 2.17 bits per heavy atom. The Bertz CT molecular complexity index is 754. The van der Waals surface area contributed by atoms with Gasteiger partial charge in [-0.05, 0) is 23.8 Å². The fourth-order valence-corrected chi connectivity index (χ4v) is 2.91. The molecule has 0 radical (unpaired) electrons. The van der Waals surface area contributed by atoms with E-state index in [4.69, 9.17) is 16.3 Å². The number of hydrogen-bond donors (Lipinski definition) is 1. The third kappa shape index (κ3) is 3.62. The molecular weight excluding hydrogens is 331 g/mol. The molecule has 0 aliphatic carbocycles. The standard InChI is InChI=1S/C18H18ClFN2O2/c1-22-14(11-24-17-8-13(20)6-7-16(17)22)9-18(23)21-10-12-4-2-3-5-15(12)19/h2-8,14H,9-11H2,1H3,(H,21,23)/t14-/m1/s1. The van der Waals surface area contributed by atoms with Gasteiger partial charge in [0.05, 0.1) is 18.2 Å². The number of benzene rings is 2. The first-order valence-corrected chi connectivity index (χ1v) is 8.07. The molecule has 0 saturated carbocycles. The molecule has 6 heteroatoms. The quantitative estimate of drug-likeness (QED) is 0.921. The van der Waals surface area contributed by atoms with Crippen LogP contribution in [0.25, 0.3) is 0 Å². The van der Waals surface area contributed by atoms with E-state index in [0.29, 0.717) is 23.9 Å². The van der Waals surface area contributed by atoms with Crippen LogP contribution in [0.2, 0.25) is 5.02 Å². The summed E-state index contributed by atoms with van der Waals surface area (Å²) in [6.45, 7) is 0.726. The minimum Gasteiger partial charge on any atom is -0.489 e. The Morgan fingerprint density at radius 3 is 2.96 bits per heavy atom. The molecule has 126 valence electrons. The van der Waals surface area contributed by atoms with Crippen molar-refractivity contribution in [2.24, 2.45) is 0 Å². The van der Waals surface area contributed by atoms with Crippen LogP contribution in [0.1, 0.15) is 12.0 Å². The molecule has 24 heavy (non-hydrogen) atoms. The monoisotopic (exact) mass is 348 g/mol. The first-order valence-electron chi connectivity index (χ1n) is 7.70. The van der Waals surface area contributed by atoms with E-state index < -0.39 is 0 Å². The minimum atomic E-state index is -0.335. The molecule has 0 aromatic heterocycles. The summed E-state index contributed by atoms with van der Waals surface area (Å²) in [5.41, 5.74) is 1.66. The number of carbonyl (C=O) groups excluding carboxylic acids is 1. The first kappa shape index (κ1) is 16.6. The molecule has 0 unspecified atom stereocenters. The van der Waals surface area contributed by atoms with Crippen molar-refractivity contribution in [1.29, 1.82) is 0 Å². The van der Waals surface area contributed by atoms with E-state index in [-0.39, 0.29) is 24.2 Å². The Balaban J connectivity index is 1.59. The molecule has 0 saturated heterocycles. The lowest BCUT2D eigenvalue weighted by molar-refractivity contribution is -0.121. The van der Waals surface area contributed by atoms with Gasteiger partial charge in [0.15, 0.2) is 0 Å². The van der Waals surface area contributed by atoms with Crippen molar-refractivity contribution in [3.63, 3.8) is 0 Å². The number of halogens is 2. The van der Waals surface area contributed by atoms with Gasteiger partial charge in [-0.2, -0.15) is 0 Å². The van der Waals surface area contributed by atoms with Crippen molar-refractivity contribution in [2.75, 3.05) is 18.6 Å². The van der Waals surface area contributed by atoms with Crippen LogP contribution in [0.4, 0.5) is 10.1 Å². The highest BCUT2D eigenvalue weighted by Crippen LogP contribution is 2.34. The lowest BCUT2D eigenvalue weighted by Crippen LogP contribution is -2.43. The summed E-state index contributed by atoms with van der Waals surface area (Å²) >= 11 is 6.08. The van der Waals surface area contributed by atoms with Crippen LogP contribution in [0.3, 0.4) is 0 Å². The molecule has 1 aliphatic rings. The van der Waals surface area contributed by atoms with Crippen LogP contribution in [0.15, 0.2) is 42.5 Å². The Labute approximate surface area is 145 Å². The van der Waals surface area contributed by atoms with E-state index in [1.807, 2.05) is 30.1 Å². The maximum atomic E-state index is 13.2. The molecule has 1 atom stereocenters. The molecule has 0 spiro atoms. The second-order valence-corrected chi connectivity index (χ2v) is 6.17. The summed E-state index contributed by atoms with van der Waals surface area (Å²) in [6.07, 6.45) is 0.289. The maximum Gasteiger partial charge on any atom is 0.222 e. The van der Waals surface area contributed by atoms with Crippen LogP contribution in [-0.4, -0.2) is 25.6 Å². The average Bonchev–Trinajstić information content (AvgIpc) is 2.56. The van der Waals surface area contributed by atoms with Gasteiger partial charge < -0.3 is 15.0 Å². The van der Waals surface area contributed by atoms with Gasteiger partial charge in [0.1, 0.15) is 18.2 Å². The first-order chi connectivity index (χ1) is 11.5. The molecule has 3 rings (SSSR count). The van der Waals surface area contributed by atoms with Crippen molar-refractivity contribution in [3.05, 3.63) is 58.9 Å². The summed E-state index contributed by atoms with van der Waals surface area (Å²) in [4.78, 5) is 14.2. The number of carbonyl (C=O) groups is 1. The highest BCUT2D eigenvalue weighted by Gasteiger charge is 2.27. The third-order valence-corrected chi connectivity index (χ3v) is 4.50. The molecular formula is C18H18ClFN2O2. The van der Waals surface area contributed by atoms with Crippen molar-refractivity contribution in [1.82, 2.24) is 5.32 Å². The molecule has 2 aromatic carbocycles. The predicted molar refractivity (Wildman–Crippen MR) is 92.0 cm³/mol. The maximum absolute atomic E-state index is 13.2. The fraction of sp³-hybridized carbons (Fsp3) is 0.278. The van der Waals surface area contributed by atoms with E-state index in [2.05, 4.69) is 5.32 Å². The average molecular weight is 349 g/mol. The van der Waals surface area contributed by atoms with Crippen LogP contribution in [-0.2, 0) is 11.3 Å². The van der Waals surface area contributed by atoms with E-state index in [1.54, 1.807) is 12.1 Å². The molecule has 1 aliphatic heterocycles. The van der Waals surface area contributed by atoms with E-state index in [0.717, 1.165) is 11.3 Å². The number of fused-ring (bicyclic) bond motifs is 1. The number of nitrogens with one attached hydrogen (secondary N) is 1. The Kier molecular flexibility index (Phi) is 4.90. The van der Waals surface area contributed by atoms with E-state index in [1.165, 1.54) is 12.1 Å². The minimum absolute atomic E-state index is 0.0825. The number of anilines is 1. The number of nitrogens with zero attached hydrogens (tertiary/aromatic N) is 1. The molecule has 0 bridgehead atoms. The van der Waals surface area contributed by atoms with Gasteiger partial charge in [-0.15, -0.1) is 0 Å². The van der Waals surface area contributed by atoms with Crippen molar-refractivity contribution in [2.45, 2.75) is 19.0 Å². The number of hydrogen-bond acceptors (Lipinski definition) is 3. The third-order valence-electron chi connectivity index (χ3n) is 4.14. The molecule has 1 heterocycles. The molecule has 1 amide bonds. The number of likely N-dealkylation sites (N-methyl/N-ethyl adjacent to an activating group) is 1. The molecule has 1 N–H and O–H groups in total. The summed E-state index contributed by atoms with van der Waals surface area (Å²) in [5, 5.41) is 3.51. The van der Waals surface area contributed by atoms with E-state index in [9.17, 15) is 9.18 Å². The topological polar surface area (TPSA) is 41.6 Å². The fourth-order valence-electron chi connectivity index (χ4n) is 2.71. The lowest BCUT2D eigenvalue weighted by atomic mass is 10.1. The van der Waals surface area contributed by atoms with Crippen LogP contribution < -0.4 is 15.0 Å². The largest absolute Gasteiger partial charge is 0.489 e. The zero-order chi connectivity index (χ0) is 17.1. The predicted octanol–water partition coefficient (Wildman–Crippen LogP) is 3.38. The van der Waals surface area contributed by atoms with Gasteiger partial charge in [0.2, 0.25) is 5.91 Å². The van der Waals surface area contributed by atoms with Gasteiger partial charge >= 0.3 is 0 Å². The summed E-state index contributed by atoms with van der Waals surface area (Å²) < 4.78 is 18.8. The van der Waals surface area contributed by atoms with Crippen LogP contribution in [0.5, 0.6) is 5.75 Å². The smallest absolute Gasteiger partial charge is 0.222 e. The van der Waals surface area contributed by atoms with Crippen molar-refractivity contribution < 1.29 is 13.9 Å². The summed E-state index contributed by atoms with van der Waals surface area (Å²) in [7, 11) is 1.88. The summed E-state index contributed by atoms with van der Waals surface area (Å²) in [6, 6.07) is 11.7. The molecule has 0 fully saturated rings. The number of amides is 1. The second kappa shape index (κ2) is 7.09. The zero-order valence-electron chi connectivity index (χ0n) is 13.3. The van der Waals surface area contributed by atoms with E-state index >= 15 is 0 Å². The second-order valence-electron chi connectivity index (χ2n) is 5.76. The molecule has 4 nitrogen and oxygen atoms in total. The van der Waals surface area contributed by atoms with Crippen molar-refractivity contribution >= 4 is 23.2 Å². The number of ether oxygens (including phenoxy) is 1. The van der Waals surface area contributed by atoms with Crippen LogP contribution in [0, 0.1) is 5.82 Å². The van der Waals surface area contributed by atoms with Gasteiger partial charge in [-0.3, -0.25) is 4.79 Å².